The summed E-state index contributed by atoms with van der Waals surface area (Å²) in [7, 11) is -4.34. The lowest BCUT2D eigenvalue weighted by Crippen LogP contribution is -2.22. The van der Waals surface area contributed by atoms with Gasteiger partial charge in [-0.1, -0.05) is 17.7 Å². The van der Waals surface area contributed by atoms with Gasteiger partial charge in [0.1, 0.15) is 4.21 Å². The smallest absolute Gasteiger partial charge is 0.207 e. The Kier molecular flexibility index (Phi) is 5.49. The maximum atomic E-state index is 12.2. The summed E-state index contributed by atoms with van der Waals surface area (Å²) in [6, 6.07) is 8.96. The van der Waals surface area contributed by atoms with Gasteiger partial charge in [0, 0.05) is 30.5 Å². The molecule has 2 aromatic rings. The van der Waals surface area contributed by atoms with Gasteiger partial charge in [0.2, 0.25) is 10.0 Å². The Morgan fingerprint density at radius 1 is 1.13 bits per heavy atom. The van der Waals surface area contributed by atoms with Crippen LogP contribution in [0.1, 0.15) is 4.88 Å². The highest BCUT2D eigenvalue weighted by atomic mass is 35.5. The van der Waals surface area contributed by atoms with Crippen molar-refractivity contribution < 1.29 is 16.8 Å². The molecule has 0 fully saturated rings. The normalized spacial score (nSPS) is 12.7. The van der Waals surface area contributed by atoms with E-state index in [2.05, 4.69) is 4.72 Å². The largest absolute Gasteiger partial charge is 0.252 e. The summed E-state index contributed by atoms with van der Waals surface area (Å²) in [6.45, 7) is 0.00244. The average molecular weight is 395 g/mol. The zero-order valence-electron chi connectivity index (χ0n) is 12.4. The van der Waals surface area contributed by atoms with Crippen LogP contribution in [0.15, 0.2) is 45.5 Å². The molecule has 1 aromatic heterocycles. The molecule has 6 nitrogen and oxygen atoms in total. The monoisotopic (exact) mass is 394 g/mol. The van der Waals surface area contributed by atoms with Crippen LogP contribution in [0.25, 0.3) is 0 Å². The third-order valence-corrected chi connectivity index (χ3v) is 7.92. The molecule has 1 aromatic carbocycles. The highest BCUT2D eigenvalue weighted by molar-refractivity contribution is 7.91. The molecular formula is C13H15ClN2O4S3. The van der Waals surface area contributed by atoms with Gasteiger partial charge in [0.15, 0.2) is 0 Å². The maximum absolute atomic E-state index is 12.2. The average Bonchev–Trinajstić information content (AvgIpc) is 2.95. The van der Waals surface area contributed by atoms with Gasteiger partial charge in [-0.3, -0.25) is 0 Å². The lowest BCUT2D eigenvalue weighted by atomic mass is 10.4. The first kappa shape index (κ1) is 18.4. The van der Waals surface area contributed by atoms with Crippen molar-refractivity contribution in [2.45, 2.75) is 15.6 Å². The lowest BCUT2D eigenvalue weighted by Gasteiger charge is -2.08. The van der Waals surface area contributed by atoms with Crippen LogP contribution in [0.5, 0.6) is 0 Å². The SMILES string of the molecule is CN(C)S(=O)(=O)c1ccc(CNS(=O)(=O)c2cccc(Cl)c2)s1. The molecular weight excluding hydrogens is 380 g/mol. The molecule has 0 aliphatic carbocycles. The fraction of sp³-hybridized carbons (Fsp3) is 0.231. The van der Waals surface area contributed by atoms with Gasteiger partial charge in [-0.2, -0.15) is 0 Å². The van der Waals surface area contributed by atoms with Crippen LogP contribution in [0, 0.1) is 0 Å². The molecule has 0 atom stereocenters. The first-order valence-corrected chi connectivity index (χ1v) is 10.5. The van der Waals surface area contributed by atoms with Gasteiger partial charge in [-0.15, -0.1) is 11.3 Å². The van der Waals surface area contributed by atoms with E-state index in [-0.39, 0.29) is 15.6 Å². The molecule has 0 spiro atoms. The van der Waals surface area contributed by atoms with Crippen molar-refractivity contribution in [2.75, 3.05) is 14.1 Å². The minimum absolute atomic E-state index is 0.00244. The van der Waals surface area contributed by atoms with Crippen LogP contribution in [-0.2, 0) is 26.6 Å². The predicted molar refractivity (Wildman–Crippen MR) is 90.7 cm³/mol. The van der Waals surface area contributed by atoms with E-state index in [0.29, 0.717) is 9.90 Å². The van der Waals surface area contributed by atoms with Crippen molar-refractivity contribution in [3.05, 3.63) is 46.3 Å². The molecule has 0 saturated heterocycles. The number of nitrogens with one attached hydrogen (secondary N) is 1. The summed E-state index contributed by atoms with van der Waals surface area (Å²) in [5.41, 5.74) is 0. The third kappa shape index (κ3) is 4.31. The summed E-state index contributed by atoms with van der Waals surface area (Å²) in [5, 5.41) is 0.323. The molecule has 0 amide bonds. The molecule has 0 aliphatic rings. The van der Waals surface area contributed by atoms with Gasteiger partial charge in [-0.25, -0.2) is 25.9 Å². The van der Waals surface area contributed by atoms with Crippen LogP contribution in [-0.4, -0.2) is 35.2 Å². The predicted octanol–water partition coefficient (Wildman–Crippen LogP) is 2.13. The standard InChI is InChI=1S/C13H15ClN2O4S3/c1-16(2)23(19,20)13-7-6-11(21-13)9-15-22(17,18)12-5-3-4-10(14)8-12/h3-8,15H,9H2,1-2H3. The number of thiophene rings is 1. The molecule has 23 heavy (non-hydrogen) atoms. The summed E-state index contributed by atoms with van der Waals surface area (Å²) in [4.78, 5) is 0.652. The molecule has 126 valence electrons. The van der Waals surface area contributed by atoms with E-state index in [1.807, 2.05) is 0 Å². The van der Waals surface area contributed by atoms with Gasteiger partial charge >= 0.3 is 0 Å². The Balaban J connectivity index is 2.14. The Labute approximate surface area is 144 Å². The zero-order valence-corrected chi connectivity index (χ0v) is 15.6. The van der Waals surface area contributed by atoms with Crippen molar-refractivity contribution >= 4 is 43.0 Å². The lowest BCUT2D eigenvalue weighted by molar-refractivity contribution is 0.523. The number of halogens is 1. The first-order valence-electron chi connectivity index (χ1n) is 6.39. The second-order valence-corrected chi connectivity index (χ2v) is 10.5. The molecule has 0 unspecified atom stereocenters. The quantitative estimate of drug-likeness (QED) is 0.813. The molecule has 1 N–H and O–H groups in total. The van der Waals surface area contributed by atoms with E-state index in [0.717, 1.165) is 15.6 Å². The number of hydrogen-bond donors (Lipinski definition) is 1. The Morgan fingerprint density at radius 3 is 2.43 bits per heavy atom. The van der Waals surface area contributed by atoms with Gasteiger partial charge in [-0.05, 0) is 30.3 Å². The molecule has 10 heteroatoms. The van der Waals surface area contributed by atoms with Crippen LogP contribution in [0.4, 0.5) is 0 Å². The Bertz CT molecular complexity index is 905. The number of nitrogens with zero attached hydrogens (tertiary/aromatic N) is 1. The summed E-state index contributed by atoms with van der Waals surface area (Å²) in [6.07, 6.45) is 0. The van der Waals surface area contributed by atoms with E-state index < -0.39 is 20.0 Å². The van der Waals surface area contributed by atoms with Crippen LogP contribution in [0.3, 0.4) is 0 Å². The van der Waals surface area contributed by atoms with Crippen LogP contribution >= 0.6 is 22.9 Å². The minimum atomic E-state index is -3.71. The van der Waals surface area contributed by atoms with Gasteiger partial charge in [0.05, 0.1) is 4.90 Å². The summed E-state index contributed by atoms with van der Waals surface area (Å²) in [5.74, 6) is 0. The van der Waals surface area contributed by atoms with E-state index >= 15 is 0 Å². The second kappa shape index (κ2) is 6.88. The molecule has 1 heterocycles. The molecule has 0 aliphatic heterocycles. The molecule has 0 bridgehead atoms. The van der Waals surface area contributed by atoms with Crippen LogP contribution < -0.4 is 4.72 Å². The minimum Gasteiger partial charge on any atom is -0.207 e. The topological polar surface area (TPSA) is 83.6 Å². The van der Waals surface area contributed by atoms with E-state index in [9.17, 15) is 16.8 Å². The van der Waals surface area contributed by atoms with Gasteiger partial charge in [0.25, 0.3) is 10.0 Å². The number of sulfonamides is 2. The summed E-state index contributed by atoms with van der Waals surface area (Å²) < 4.78 is 52.0. The van der Waals surface area contributed by atoms with Crippen molar-refractivity contribution in [2.24, 2.45) is 0 Å². The van der Waals surface area contributed by atoms with Crippen molar-refractivity contribution in [3.63, 3.8) is 0 Å². The highest BCUT2D eigenvalue weighted by Crippen LogP contribution is 2.24. The van der Waals surface area contributed by atoms with Crippen molar-refractivity contribution in [1.82, 2.24) is 9.03 Å². The zero-order chi connectivity index (χ0) is 17.3. The second-order valence-electron chi connectivity index (χ2n) is 4.79. The molecule has 0 radical (unpaired) electrons. The Morgan fingerprint density at radius 2 is 1.83 bits per heavy atom. The number of benzene rings is 1. The van der Waals surface area contributed by atoms with Crippen LogP contribution in [0.2, 0.25) is 5.02 Å². The van der Waals surface area contributed by atoms with E-state index in [4.69, 9.17) is 11.6 Å². The fourth-order valence-electron chi connectivity index (χ4n) is 1.66. The number of rotatable bonds is 6. The van der Waals surface area contributed by atoms with E-state index in [1.165, 1.54) is 32.3 Å². The van der Waals surface area contributed by atoms with Gasteiger partial charge < -0.3 is 0 Å². The van der Waals surface area contributed by atoms with Crippen molar-refractivity contribution in [1.29, 1.82) is 0 Å². The first-order chi connectivity index (χ1) is 10.6. The molecule has 2 rings (SSSR count). The fourth-order valence-corrected chi connectivity index (χ4v) is 5.52. The number of hydrogen-bond acceptors (Lipinski definition) is 5. The molecule has 0 saturated carbocycles. The summed E-state index contributed by atoms with van der Waals surface area (Å²) >= 11 is 6.81. The third-order valence-electron chi connectivity index (χ3n) is 2.91. The maximum Gasteiger partial charge on any atom is 0.252 e. The Hall–Kier alpha value is -0.970. The van der Waals surface area contributed by atoms with E-state index in [1.54, 1.807) is 18.2 Å². The van der Waals surface area contributed by atoms with Crippen molar-refractivity contribution in [3.8, 4) is 0 Å². The highest BCUT2D eigenvalue weighted by Gasteiger charge is 2.20.